The summed E-state index contributed by atoms with van der Waals surface area (Å²) in [7, 11) is 0. The van der Waals surface area contributed by atoms with Gasteiger partial charge in [-0.2, -0.15) is 16.3 Å². The van der Waals surface area contributed by atoms with Crippen molar-refractivity contribution in [3.05, 3.63) is 52.0 Å². The molecule has 3 aromatic rings. The lowest BCUT2D eigenvalue weighted by molar-refractivity contribution is -0.118. The molecule has 0 unspecified atom stereocenters. The van der Waals surface area contributed by atoms with Gasteiger partial charge in [0.05, 0.1) is 5.69 Å². The number of anilines is 1. The van der Waals surface area contributed by atoms with Crippen LogP contribution in [-0.4, -0.2) is 22.6 Å². The van der Waals surface area contributed by atoms with Crippen LogP contribution < -0.4 is 4.90 Å². The second-order valence-corrected chi connectivity index (χ2v) is 6.85. The summed E-state index contributed by atoms with van der Waals surface area (Å²) in [4.78, 5) is 18.3. The van der Waals surface area contributed by atoms with Gasteiger partial charge >= 0.3 is 0 Å². The number of fused-ring (bicyclic) bond motifs is 1. The van der Waals surface area contributed by atoms with E-state index in [-0.39, 0.29) is 24.4 Å². The summed E-state index contributed by atoms with van der Waals surface area (Å²) in [6, 6.07) is 4.00. The SMILES string of the molecule is O=C(CCc1nc(-c2ccsc2)no1)N1CCCc2cc(F)cc(F)c21. The number of carbonyl (C=O) groups is 1. The topological polar surface area (TPSA) is 59.2 Å². The number of halogens is 2. The largest absolute Gasteiger partial charge is 0.339 e. The van der Waals surface area contributed by atoms with Crippen LogP contribution in [0.1, 0.15) is 24.3 Å². The molecule has 0 radical (unpaired) electrons. The lowest BCUT2D eigenvalue weighted by Crippen LogP contribution is -2.36. The lowest BCUT2D eigenvalue weighted by Gasteiger charge is -2.29. The van der Waals surface area contributed by atoms with Crippen LogP contribution >= 0.6 is 11.3 Å². The van der Waals surface area contributed by atoms with E-state index in [1.165, 1.54) is 22.3 Å². The molecule has 1 aliphatic heterocycles. The summed E-state index contributed by atoms with van der Waals surface area (Å²) in [5, 5.41) is 7.73. The van der Waals surface area contributed by atoms with Crippen LogP contribution in [0.3, 0.4) is 0 Å². The highest BCUT2D eigenvalue weighted by Gasteiger charge is 2.26. The fourth-order valence-electron chi connectivity index (χ4n) is 3.12. The van der Waals surface area contributed by atoms with Crippen molar-refractivity contribution in [2.45, 2.75) is 25.7 Å². The highest BCUT2D eigenvalue weighted by atomic mass is 32.1. The first-order valence-corrected chi connectivity index (χ1v) is 9.19. The van der Waals surface area contributed by atoms with E-state index in [1.54, 1.807) is 0 Å². The van der Waals surface area contributed by atoms with E-state index >= 15 is 0 Å². The molecule has 2 aromatic heterocycles. The number of rotatable bonds is 4. The number of hydrogen-bond donors (Lipinski definition) is 0. The minimum atomic E-state index is -0.703. The molecule has 1 aliphatic rings. The number of amides is 1. The van der Waals surface area contributed by atoms with Crippen molar-refractivity contribution in [1.82, 2.24) is 10.1 Å². The predicted molar refractivity (Wildman–Crippen MR) is 93.0 cm³/mol. The molecule has 0 saturated heterocycles. The average molecular weight is 375 g/mol. The van der Waals surface area contributed by atoms with E-state index in [1.807, 2.05) is 16.8 Å². The zero-order chi connectivity index (χ0) is 18.1. The van der Waals surface area contributed by atoms with Crippen molar-refractivity contribution in [1.29, 1.82) is 0 Å². The Kier molecular flexibility index (Phi) is 4.50. The molecular formula is C18H15F2N3O2S. The Labute approximate surface area is 152 Å². The third-order valence-electron chi connectivity index (χ3n) is 4.31. The van der Waals surface area contributed by atoms with Crippen molar-refractivity contribution in [3.8, 4) is 11.4 Å². The summed E-state index contributed by atoms with van der Waals surface area (Å²) in [6.45, 7) is 0.415. The molecule has 0 N–H and O–H groups in total. The molecule has 134 valence electrons. The van der Waals surface area contributed by atoms with E-state index in [0.717, 1.165) is 11.6 Å². The van der Waals surface area contributed by atoms with E-state index in [0.29, 0.717) is 36.7 Å². The van der Waals surface area contributed by atoms with Gasteiger partial charge in [-0.25, -0.2) is 8.78 Å². The Balaban J connectivity index is 1.47. The molecule has 0 fully saturated rings. The van der Waals surface area contributed by atoms with Gasteiger partial charge in [0.15, 0.2) is 0 Å². The molecule has 0 aliphatic carbocycles. The zero-order valence-corrected chi connectivity index (χ0v) is 14.6. The molecule has 1 amide bonds. The standard InChI is InChI=1S/C18H15F2N3O2S/c19-13-8-11-2-1-6-23(17(11)14(20)9-13)16(24)4-3-15-21-18(22-25-15)12-5-7-26-10-12/h5,7-10H,1-4,6H2. The van der Waals surface area contributed by atoms with Crippen LogP contribution in [0.4, 0.5) is 14.5 Å². The summed E-state index contributed by atoms with van der Waals surface area (Å²) in [5.41, 5.74) is 1.58. The monoisotopic (exact) mass is 375 g/mol. The number of benzene rings is 1. The van der Waals surface area contributed by atoms with Crippen LogP contribution in [-0.2, 0) is 17.6 Å². The van der Waals surface area contributed by atoms with Crippen LogP contribution in [0.25, 0.3) is 11.4 Å². The first kappa shape index (κ1) is 16.8. The third kappa shape index (κ3) is 3.24. The maximum absolute atomic E-state index is 14.2. The second-order valence-electron chi connectivity index (χ2n) is 6.07. The number of thiophene rings is 1. The van der Waals surface area contributed by atoms with Gasteiger partial charge in [-0.3, -0.25) is 4.79 Å². The number of aromatic nitrogens is 2. The molecule has 1 aromatic carbocycles. The molecule has 8 heteroatoms. The highest BCUT2D eigenvalue weighted by molar-refractivity contribution is 7.08. The van der Waals surface area contributed by atoms with Crippen molar-refractivity contribution in [2.24, 2.45) is 0 Å². The van der Waals surface area contributed by atoms with Gasteiger partial charge in [0.1, 0.15) is 11.6 Å². The quantitative estimate of drug-likeness (QED) is 0.692. The predicted octanol–water partition coefficient (Wildman–Crippen LogP) is 3.99. The second kappa shape index (κ2) is 6.95. The van der Waals surface area contributed by atoms with E-state index in [4.69, 9.17) is 4.52 Å². The van der Waals surface area contributed by atoms with Crippen LogP contribution in [0.5, 0.6) is 0 Å². The fraction of sp³-hybridized carbons (Fsp3) is 0.278. The highest BCUT2D eigenvalue weighted by Crippen LogP contribution is 2.31. The number of aryl methyl sites for hydroxylation is 2. The normalized spacial score (nSPS) is 13.7. The molecule has 26 heavy (non-hydrogen) atoms. The zero-order valence-electron chi connectivity index (χ0n) is 13.7. The van der Waals surface area contributed by atoms with Gasteiger partial charge in [0.2, 0.25) is 17.6 Å². The lowest BCUT2D eigenvalue weighted by atomic mass is 10.0. The van der Waals surface area contributed by atoms with E-state index in [2.05, 4.69) is 10.1 Å². The third-order valence-corrected chi connectivity index (χ3v) is 4.99. The molecule has 4 rings (SSSR count). The van der Waals surface area contributed by atoms with Crippen LogP contribution in [0, 0.1) is 11.6 Å². The van der Waals surface area contributed by atoms with E-state index < -0.39 is 11.6 Å². The summed E-state index contributed by atoms with van der Waals surface area (Å²) in [5.74, 6) is -0.727. The van der Waals surface area contributed by atoms with E-state index in [9.17, 15) is 13.6 Å². The van der Waals surface area contributed by atoms with Crippen LogP contribution in [0.2, 0.25) is 0 Å². The summed E-state index contributed by atoms with van der Waals surface area (Å²) >= 11 is 1.53. The number of carbonyl (C=O) groups excluding carboxylic acids is 1. The van der Waals surface area contributed by atoms with Crippen molar-refractivity contribution >= 4 is 22.9 Å². The first-order chi connectivity index (χ1) is 12.6. The maximum Gasteiger partial charge on any atom is 0.227 e. The van der Waals surface area contributed by atoms with Gasteiger partial charge in [0.25, 0.3) is 0 Å². The number of hydrogen-bond acceptors (Lipinski definition) is 5. The average Bonchev–Trinajstić information content (AvgIpc) is 3.30. The van der Waals surface area contributed by atoms with Crippen molar-refractivity contribution in [3.63, 3.8) is 0 Å². The van der Waals surface area contributed by atoms with Crippen molar-refractivity contribution < 1.29 is 18.1 Å². The summed E-state index contributed by atoms with van der Waals surface area (Å²) < 4.78 is 32.8. The minimum Gasteiger partial charge on any atom is -0.339 e. The minimum absolute atomic E-state index is 0.113. The van der Waals surface area contributed by atoms with Gasteiger partial charge in [0, 0.05) is 36.4 Å². The fourth-order valence-corrected chi connectivity index (χ4v) is 3.75. The van der Waals surface area contributed by atoms with Gasteiger partial charge in [-0.15, -0.1) is 0 Å². The van der Waals surface area contributed by atoms with Gasteiger partial charge < -0.3 is 9.42 Å². The summed E-state index contributed by atoms with van der Waals surface area (Å²) in [6.07, 6.45) is 1.61. The maximum atomic E-state index is 14.2. The molecule has 0 bridgehead atoms. The molecule has 3 heterocycles. The Morgan fingerprint density at radius 3 is 3.04 bits per heavy atom. The molecule has 0 atom stereocenters. The van der Waals surface area contributed by atoms with Crippen LogP contribution in [0.15, 0.2) is 33.5 Å². The van der Waals surface area contributed by atoms with Gasteiger partial charge in [-0.05, 0) is 35.9 Å². The molecule has 5 nitrogen and oxygen atoms in total. The number of nitrogens with zero attached hydrogens (tertiary/aromatic N) is 3. The smallest absolute Gasteiger partial charge is 0.227 e. The first-order valence-electron chi connectivity index (χ1n) is 8.25. The molecule has 0 saturated carbocycles. The Morgan fingerprint density at radius 2 is 2.23 bits per heavy atom. The molecular weight excluding hydrogens is 360 g/mol. The molecule has 0 spiro atoms. The van der Waals surface area contributed by atoms with Crippen molar-refractivity contribution in [2.75, 3.05) is 11.4 Å². The Hall–Kier alpha value is -2.61. The Bertz CT molecular complexity index is 940. The van der Waals surface area contributed by atoms with Gasteiger partial charge in [-0.1, -0.05) is 5.16 Å². The Morgan fingerprint density at radius 1 is 1.35 bits per heavy atom.